The van der Waals surface area contributed by atoms with Crippen molar-refractivity contribution in [2.24, 2.45) is 16.8 Å². The highest BCUT2D eigenvalue weighted by Gasteiger charge is 2.41. The van der Waals surface area contributed by atoms with Crippen molar-refractivity contribution < 1.29 is 14.4 Å². The van der Waals surface area contributed by atoms with Gasteiger partial charge < -0.3 is 10.6 Å². The minimum atomic E-state index is -0.548. The van der Waals surface area contributed by atoms with Crippen molar-refractivity contribution in [1.82, 2.24) is 20.1 Å². The van der Waals surface area contributed by atoms with Crippen LogP contribution in [0, 0.1) is 12.8 Å². The number of carbonyl (C=O) groups excluding carboxylic acids is 3. The van der Waals surface area contributed by atoms with Gasteiger partial charge in [0, 0.05) is 24.4 Å². The molecule has 0 spiro atoms. The van der Waals surface area contributed by atoms with Crippen LogP contribution in [-0.4, -0.2) is 56.6 Å². The van der Waals surface area contributed by atoms with Crippen LogP contribution in [0.4, 0.5) is 5.69 Å². The number of primary amides is 1. The monoisotopic (exact) mass is 395 g/mol. The fraction of sp³-hybridized carbons (Fsp3) is 0.368. The molecular formula is C19H21N7O3. The van der Waals surface area contributed by atoms with Gasteiger partial charge in [-0.1, -0.05) is 0 Å². The van der Waals surface area contributed by atoms with Crippen LogP contribution in [0.2, 0.25) is 0 Å². The van der Waals surface area contributed by atoms with E-state index in [0.29, 0.717) is 35.9 Å². The molecule has 3 amide bonds. The average molecular weight is 395 g/mol. The number of rotatable bonds is 4. The van der Waals surface area contributed by atoms with E-state index in [4.69, 9.17) is 5.73 Å². The van der Waals surface area contributed by atoms with Gasteiger partial charge in [0.15, 0.2) is 5.82 Å². The van der Waals surface area contributed by atoms with Crippen molar-refractivity contribution in [1.29, 1.82) is 0 Å². The van der Waals surface area contributed by atoms with Crippen LogP contribution < -0.4 is 10.7 Å². The van der Waals surface area contributed by atoms with Crippen molar-refractivity contribution in [3.63, 3.8) is 0 Å². The number of aromatic nitrogens is 3. The normalized spacial score (nSPS) is 21.6. The molecule has 2 atom stereocenters. The third-order valence-corrected chi connectivity index (χ3v) is 5.19. The Morgan fingerprint density at radius 1 is 1.17 bits per heavy atom. The standard InChI is InChI=1S/C19H21N7O3/c1-10-7-16(27)26(24-10)13-5-3-12(4-6-13)19(29)25-8-14(17(20)28)15(9-25)18-21-11(2)22-23-18/h3-6,14-15H,7-9H2,1-2H3,(H2,20,28)(H,21,22,23)/t14-,15-/m1/s1. The lowest BCUT2D eigenvalue weighted by Gasteiger charge is -2.17. The Morgan fingerprint density at radius 2 is 1.90 bits per heavy atom. The largest absolute Gasteiger partial charge is 0.369 e. The topological polar surface area (TPSA) is 138 Å². The predicted molar refractivity (Wildman–Crippen MR) is 104 cm³/mol. The van der Waals surface area contributed by atoms with Crippen molar-refractivity contribution in [2.75, 3.05) is 18.1 Å². The van der Waals surface area contributed by atoms with Gasteiger partial charge in [-0.05, 0) is 38.1 Å². The van der Waals surface area contributed by atoms with E-state index >= 15 is 0 Å². The number of amides is 3. The Balaban J connectivity index is 1.52. The predicted octanol–water partition coefficient (Wildman–Crippen LogP) is 0.567. The highest BCUT2D eigenvalue weighted by Crippen LogP contribution is 2.32. The molecule has 2 aliphatic rings. The number of hydrogen-bond donors (Lipinski definition) is 2. The summed E-state index contributed by atoms with van der Waals surface area (Å²) in [5, 5.41) is 12.4. The molecule has 1 fully saturated rings. The number of nitrogens with zero attached hydrogens (tertiary/aromatic N) is 5. The Labute approximate surface area is 166 Å². The maximum absolute atomic E-state index is 13.0. The lowest BCUT2D eigenvalue weighted by Crippen LogP contribution is -2.32. The van der Waals surface area contributed by atoms with Gasteiger partial charge in [0.25, 0.3) is 11.8 Å². The van der Waals surface area contributed by atoms with E-state index in [9.17, 15) is 14.4 Å². The SMILES string of the molecule is CC1=NN(c2ccc(C(=O)N3C[C@@H](C(N)=O)[C@H](c4n[nH]c(C)n4)C3)cc2)C(=O)C1. The molecule has 0 saturated carbocycles. The highest BCUT2D eigenvalue weighted by atomic mass is 16.2. The van der Waals surface area contributed by atoms with Gasteiger partial charge in [0.1, 0.15) is 5.82 Å². The van der Waals surface area contributed by atoms with Crippen LogP contribution >= 0.6 is 0 Å². The molecule has 10 nitrogen and oxygen atoms in total. The zero-order valence-electron chi connectivity index (χ0n) is 16.1. The van der Waals surface area contributed by atoms with Crippen LogP contribution in [0.1, 0.15) is 41.3 Å². The van der Waals surface area contributed by atoms with E-state index in [0.717, 1.165) is 5.71 Å². The molecule has 1 aromatic carbocycles. The summed E-state index contributed by atoms with van der Waals surface area (Å²) in [5.74, 6) is -0.576. The number of likely N-dealkylation sites (tertiary alicyclic amines) is 1. The summed E-state index contributed by atoms with van der Waals surface area (Å²) in [6.07, 6.45) is 0.297. The van der Waals surface area contributed by atoms with Gasteiger partial charge in [0.2, 0.25) is 5.91 Å². The fourth-order valence-electron chi connectivity index (χ4n) is 3.73. The molecule has 3 heterocycles. The van der Waals surface area contributed by atoms with Crippen molar-refractivity contribution >= 4 is 29.1 Å². The van der Waals surface area contributed by atoms with Gasteiger partial charge in [-0.2, -0.15) is 10.2 Å². The van der Waals surface area contributed by atoms with Crippen molar-refractivity contribution in [3.05, 3.63) is 41.5 Å². The van der Waals surface area contributed by atoms with Gasteiger partial charge >= 0.3 is 0 Å². The van der Waals surface area contributed by atoms with Crippen LogP contribution in [0.3, 0.4) is 0 Å². The first kappa shape index (κ1) is 18.8. The van der Waals surface area contributed by atoms with E-state index < -0.39 is 11.8 Å². The number of hydrazone groups is 1. The molecule has 0 radical (unpaired) electrons. The summed E-state index contributed by atoms with van der Waals surface area (Å²) in [7, 11) is 0. The molecule has 2 aromatic rings. The van der Waals surface area contributed by atoms with E-state index in [1.165, 1.54) is 5.01 Å². The number of hydrogen-bond acceptors (Lipinski definition) is 6. The number of aromatic amines is 1. The third-order valence-electron chi connectivity index (χ3n) is 5.19. The smallest absolute Gasteiger partial charge is 0.253 e. The second-order valence-corrected chi connectivity index (χ2v) is 7.37. The molecule has 10 heteroatoms. The van der Waals surface area contributed by atoms with Crippen LogP contribution in [0.15, 0.2) is 29.4 Å². The molecule has 29 heavy (non-hydrogen) atoms. The molecular weight excluding hydrogens is 374 g/mol. The molecule has 1 saturated heterocycles. The molecule has 2 aliphatic heterocycles. The number of anilines is 1. The molecule has 0 aliphatic carbocycles. The summed E-state index contributed by atoms with van der Waals surface area (Å²) in [6, 6.07) is 6.67. The Hall–Kier alpha value is -3.56. The zero-order valence-corrected chi connectivity index (χ0v) is 16.1. The zero-order chi connectivity index (χ0) is 20.7. The first-order valence-corrected chi connectivity index (χ1v) is 9.28. The summed E-state index contributed by atoms with van der Waals surface area (Å²) in [5.41, 5.74) is 7.36. The van der Waals surface area contributed by atoms with E-state index in [1.807, 2.05) is 0 Å². The van der Waals surface area contributed by atoms with Crippen LogP contribution in [0.5, 0.6) is 0 Å². The number of carbonyl (C=O) groups is 3. The molecule has 0 unspecified atom stereocenters. The molecule has 1 aromatic heterocycles. The minimum Gasteiger partial charge on any atom is -0.369 e. The number of nitrogens with one attached hydrogen (secondary N) is 1. The number of nitrogens with two attached hydrogens (primary N) is 1. The second kappa shape index (κ2) is 7.12. The lowest BCUT2D eigenvalue weighted by molar-refractivity contribution is -0.121. The molecule has 150 valence electrons. The van der Waals surface area contributed by atoms with Gasteiger partial charge in [0.05, 0.1) is 23.9 Å². The molecule has 4 rings (SSSR count). The average Bonchev–Trinajstić information content (AvgIpc) is 3.39. The van der Waals surface area contributed by atoms with Crippen molar-refractivity contribution in [3.8, 4) is 0 Å². The van der Waals surface area contributed by atoms with Gasteiger partial charge in [-0.15, -0.1) is 0 Å². The van der Waals surface area contributed by atoms with Crippen LogP contribution in [0.25, 0.3) is 0 Å². The summed E-state index contributed by atoms with van der Waals surface area (Å²) in [6.45, 7) is 4.08. The van der Waals surface area contributed by atoms with Gasteiger partial charge in [-0.3, -0.25) is 19.5 Å². The summed E-state index contributed by atoms with van der Waals surface area (Å²) < 4.78 is 0. The van der Waals surface area contributed by atoms with Crippen molar-refractivity contribution in [2.45, 2.75) is 26.2 Å². The first-order chi connectivity index (χ1) is 13.8. The summed E-state index contributed by atoms with van der Waals surface area (Å²) >= 11 is 0. The number of H-pyrrole nitrogens is 1. The second-order valence-electron chi connectivity index (χ2n) is 7.37. The highest BCUT2D eigenvalue weighted by molar-refractivity contribution is 6.12. The Bertz CT molecular complexity index is 1010. The van der Waals surface area contributed by atoms with Gasteiger partial charge in [-0.25, -0.2) is 9.99 Å². The number of benzene rings is 1. The first-order valence-electron chi connectivity index (χ1n) is 9.28. The third kappa shape index (κ3) is 3.48. The van der Waals surface area contributed by atoms with E-state index in [2.05, 4.69) is 20.3 Å². The number of aryl methyl sites for hydroxylation is 1. The van der Waals surface area contributed by atoms with E-state index in [-0.39, 0.29) is 24.3 Å². The Morgan fingerprint density at radius 3 is 2.45 bits per heavy atom. The molecule has 0 bridgehead atoms. The maximum Gasteiger partial charge on any atom is 0.253 e. The lowest BCUT2D eigenvalue weighted by atomic mass is 9.95. The Kier molecular flexibility index (Phi) is 4.61. The summed E-state index contributed by atoms with van der Waals surface area (Å²) in [4.78, 5) is 42.7. The maximum atomic E-state index is 13.0. The quantitative estimate of drug-likeness (QED) is 0.779. The molecule has 3 N–H and O–H groups in total. The minimum absolute atomic E-state index is 0.102. The fourth-order valence-corrected chi connectivity index (χ4v) is 3.73. The van der Waals surface area contributed by atoms with Crippen LogP contribution in [-0.2, 0) is 9.59 Å². The van der Waals surface area contributed by atoms with E-state index in [1.54, 1.807) is 43.0 Å².